The molecule has 0 aromatic carbocycles. The van der Waals surface area contributed by atoms with Crippen molar-refractivity contribution in [2.45, 2.75) is 32.3 Å². The first-order valence-electron chi connectivity index (χ1n) is 3.19. The van der Waals surface area contributed by atoms with E-state index in [0.717, 1.165) is 19.3 Å². The van der Waals surface area contributed by atoms with Crippen molar-refractivity contribution in [1.29, 1.82) is 0 Å². The van der Waals surface area contributed by atoms with Gasteiger partial charge in [0.05, 0.1) is 6.10 Å². The van der Waals surface area contributed by atoms with E-state index in [0.29, 0.717) is 6.54 Å². The lowest BCUT2D eigenvalue weighted by Crippen LogP contribution is -2.07. The molecule has 8 heavy (non-hydrogen) atoms. The molecule has 0 aliphatic rings. The zero-order valence-electron chi connectivity index (χ0n) is 5.43. The molecule has 0 heterocycles. The van der Waals surface area contributed by atoms with E-state index in [9.17, 15) is 0 Å². The highest BCUT2D eigenvalue weighted by Crippen LogP contribution is 1.98. The SMILES string of the molecule is CCC(O)CCCN. The van der Waals surface area contributed by atoms with Crippen LogP contribution in [0, 0.1) is 0 Å². The van der Waals surface area contributed by atoms with Crippen LogP contribution in [0.1, 0.15) is 26.2 Å². The second kappa shape index (κ2) is 5.06. The minimum atomic E-state index is -0.126. The topological polar surface area (TPSA) is 46.2 Å². The molecule has 0 bridgehead atoms. The van der Waals surface area contributed by atoms with E-state index in [1.807, 2.05) is 6.92 Å². The zero-order chi connectivity index (χ0) is 6.41. The Hall–Kier alpha value is -0.0800. The molecule has 0 aromatic rings. The molecule has 0 aromatic heterocycles. The summed E-state index contributed by atoms with van der Waals surface area (Å²) >= 11 is 0. The average Bonchev–Trinajstić information content (AvgIpc) is 1.83. The van der Waals surface area contributed by atoms with Gasteiger partial charge in [-0.05, 0) is 25.8 Å². The van der Waals surface area contributed by atoms with E-state index in [1.165, 1.54) is 0 Å². The van der Waals surface area contributed by atoms with E-state index in [4.69, 9.17) is 10.8 Å². The van der Waals surface area contributed by atoms with E-state index in [-0.39, 0.29) is 6.10 Å². The molecule has 3 N–H and O–H groups in total. The van der Waals surface area contributed by atoms with Crippen LogP contribution in [0.2, 0.25) is 0 Å². The molecular formula is C6H15NO. The summed E-state index contributed by atoms with van der Waals surface area (Å²) in [5, 5.41) is 8.93. The summed E-state index contributed by atoms with van der Waals surface area (Å²) in [5.41, 5.74) is 5.22. The number of rotatable bonds is 4. The highest BCUT2D eigenvalue weighted by Gasteiger charge is 1.96. The molecule has 0 aliphatic carbocycles. The molecule has 0 aliphatic heterocycles. The molecule has 2 nitrogen and oxygen atoms in total. The fourth-order valence-electron chi connectivity index (χ4n) is 0.558. The molecule has 0 amide bonds. The van der Waals surface area contributed by atoms with Gasteiger partial charge in [-0.15, -0.1) is 0 Å². The normalized spacial score (nSPS) is 13.9. The molecule has 0 rings (SSSR count). The third-order valence-electron chi connectivity index (χ3n) is 1.21. The lowest BCUT2D eigenvalue weighted by Gasteiger charge is -2.03. The van der Waals surface area contributed by atoms with Crippen LogP contribution in [-0.4, -0.2) is 17.8 Å². The second-order valence-electron chi connectivity index (χ2n) is 1.99. The number of hydrogen-bond donors (Lipinski definition) is 2. The summed E-state index contributed by atoms with van der Waals surface area (Å²) in [7, 11) is 0. The van der Waals surface area contributed by atoms with Crippen molar-refractivity contribution in [2.24, 2.45) is 5.73 Å². The molecule has 0 fully saturated rings. The van der Waals surface area contributed by atoms with E-state index < -0.39 is 0 Å². The van der Waals surface area contributed by atoms with Crippen molar-refractivity contribution in [2.75, 3.05) is 6.54 Å². The first kappa shape index (κ1) is 7.92. The molecule has 0 radical (unpaired) electrons. The predicted octanol–water partition coefficient (Wildman–Crippen LogP) is 0.496. The minimum Gasteiger partial charge on any atom is -0.393 e. The first-order valence-corrected chi connectivity index (χ1v) is 3.19. The number of hydrogen-bond acceptors (Lipinski definition) is 2. The molecule has 0 spiro atoms. The van der Waals surface area contributed by atoms with E-state index in [2.05, 4.69) is 0 Å². The fraction of sp³-hybridized carbons (Fsp3) is 1.00. The Kier molecular flexibility index (Phi) is 5.01. The maximum Gasteiger partial charge on any atom is 0.0538 e. The third-order valence-corrected chi connectivity index (χ3v) is 1.21. The maximum absolute atomic E-state index is 8.93. The summed E-state index contributed by atoms with van der Waals surface area (Å²) in [6.07, 6.45) is 2.51. The highest BCUT2D eigenvalue weighted by atomic mass is 16.3. The van der Waals surface area contributed by atoms with Crippen LogP contribution in [0.15, 0.2) is 0 Å². The van der Waals surface area contributed by atoms with Crippen molar-refractivity contribution in [3.63, 3.8) is 0 Å². The van der Waals surface area contributed by atoms with E-state index >= 15 is 0 Å². The Bertz CT molecular complexity index is 47.8. The molecule has 1 unspecified atom stereocenters. The molecule has 2 heteroatoms. The van der Waals surface area contributed by atoms with Crippen LogP contribution in [0.5, 0.6) is 0 Å². The molecule has 1 atom stereocenters. The number of nitrogens with two attached hydrogens (primary N) is 1. The van der Waals surface area contributed by atoms with Gasteiger partial charge >= 0.3 is 0 Å². The number of aliphatic hydroxyl groups excluding tert-OH is 1. The Morgan fingerprint density at radius 2 is 2.25 bits per heavy atom. The van der Waals surface area contributed by atoms with Crippen LogP contribution in [0.25, 0.3) is 0 Å². The van der Waals surface area contributed by atoms with Crippen molar-refractivity contribution in [1.82, 2.24) is 0 Å². The van der Waals surface area contributed by atoms with Crippen molar-refractivity contribution in [3.05, 3.63) is 0 Å². The van der Waals surface area contributed by atoms with Gasteiger partial charge in [0.1, 0.15) is 0 Å². The van der Waals surface area contributed by atoms with Crippen molar-refractivity contribution < 1.29 is 5.11 Å². The monoisotopic (exact) mass is 117 g/mol. The van der Waals surface area contributed by atoms with Gasteiger partial charge in [0, 0.05) is 0 Å². The lowest BCUT2D eigenvalue weighted by molar-refractivity contribution is 0.158. The second-order valence-corrected chi connectivity index (χ2v) is 1.99. The highest BCUT2D eigenvalue weighted by molar-refractivity contribution is 4.51. The summed E-state index contributed by atoms with van der Waals surface area (Å²) in [6, 6.07) is 0. The molecular weight excluding hydrogens is 102 g/mol. The van der Waals surface area contributed by atoms with Crippen LogP contribution >= 0.6 is 0 Å². The smallest absolute Gasteiger partial charge is 0.0538 e. The molecule has 50 valence electrons. The lowest BCUT2D eigenvalue weighted by atomic mass is 10.1. The summed E-state index contributed by atoms with van der Waals surface area (Å²) in [6.45, 7) is 2.66. The first-order chi connectivity index (χ1) is 3.81. The minimum absolute atomic E-state index is 0.126. The quantitative estimate of drug-likeness (QED) is 0.563. The summed E-state index contributed by atoms with van der Waals surface area (Å²) in [4.78, 5) is 0. The van der Waals surface area contributed by atoms with Gasteiger partial charge in [0.15, 0.2) is 0 Å². The van der Waals surface area contributed by atoms with Crippen LogP contribution in [0.3, 0.4) is 0 Å². The van der Waals surface area contributed by atoms with Crippen molar-refractivity contribution in [3.8, 4) is 0 Å². The maximum atomic E-state index is 8.93. The Morgan fingerprint density at radius 1 is 1.62 bits per heavy atom. The largest absolute Gasteiger partial charge is 0.393 e. The zero-order valence-corrected chi connectivity index (χ0v) is 5.43. The van der Waals surface area contributed by atoms with Crippen molar-refractivity contribution >= 4 is 0 Å². The Labute approximate surface area is 50.7 Å². The third kappa shape index (κ3) is 4.09. The van der Waals surface area contributed by atoms with E-state index in [1.54, 1.807) is 0 Å². The molecule has 0 saturated carbocycles. The Balaban J connectivity index is 2.86. The number of aliphatic hydroxyl groups is 1. The standard InChI is InChI=1S/C6H15NO/c1-2-6(8)4-3-5-7/h6,8H,2-5,7H2,1H3. The summed E-state index contributed by atoms with van der Waals surface area (Å²) in [5.74, 6) is 0. The van der Waals surface area contributed by atoms with Gasteiger partial charge in [-0.2, -0.15) is 0 Å². The van der Waals surface area contributed by atoms with Gasteiger partial charge in [0.2, 0.25) is 0 Å². The van der Waals surface area contributed by atoms with Gasteiger partial charge < -0.3 is 10.8 Å². The Morgan fingerprint density at radius 3 is 2.62 bits per heavy atom. The van der Waals surface area contributed by atoms with Gasteiger partial charge in [0.25, 0.3) is 0 Å². The molecule has 0 saturated heterocycles. The predicted molar refractivity (Wildman–Crippen MR) is 34.6 cm³/mol. The fourth-order valence-corrected chi connectivity index (χ4v) is 0.558. The average molecular weight is 117 g/mol. The van der Waals surface area contributed by atoms with Gasteiger partial charge in [-0.25, -0.2) is 0 Å². The van der Waals surface area contributed by atoms with Crippen LogP contribution in [0.4, 0.5) is 0 Å². The van der Waals surface area contributed by atoms with Gasteiger partial charge in [-0.1, -0.05) is 6.92 Å². The van der Waals surface area contributed by atoms with Gasteiger partial charge in [-0.3, -0.25) is 0 Å². The van der Waals surface area contributed by atoms with Crippen LogP contribution in [-0.2, 0) is 0 Å². The van der Waals surface area contributed by atoms with Crippen LogP contribution < -0.4 is 5.73 Å². The summed E-state index contributed by atoms with van der Waals surface area (Å²) < 4.78 is 0.